The Labute approximate surface area is 81.1 Å². The van der Waals surface area contributed by atoms with Crippen LogP contribution in [0.25, 0.3) is 0 Å². The van der Waals surface area contributed by atoms with E-state index in [1.54, 1.807) is 0 Å². The Kier molecular flexibility index (Phi) is 4.20. The van der Waals surface area contributed by atoms with Crippen LogP contribution in [0.2, 0.25) is 0 Å². The summed E-state index contributed by atoms with van der Waals surface area (Å²) in [6, 6.07) is 0. The number of aliphatic hydroxyl groups is 1. The fourth-order valence-corrected chi connectivity index (χ4v) is 0.545. The van der Waals surface area contributed by atoms with Gasteiger partial charge in [0.15, 0.2) is 6.61 Å². The minimum atomic E-state index is -5.48. The fourth-order valence-electron chi connectivity index (χ4n) is 0.545. The smallest absolute Gasteiger partial charge is 0.420 e. The van der Waals surface area contributed by atoms with Gasteiger partial charge in [0.05, 0.1) is 0 Å². The third-order valence-electron chi connectivity index (χ3n) is 1.28. The predicted molar refractivity (Wildman–Crippen MR) is 38.2 cm³/mol. The van der Waals surface area contributed by atoms with Crippen molar-refractivity contribution in [3.05, 3.63) is 12.7 Å². The van der Waals surface area contributed by atoms with Gasteiger partial charge in [-0.25, -0.2) is 4.79 Å². The van der Waals surface area contributed by atoms with Crippen molar-refractivity contribution in [1.29, 1.82) is 0 Å². The summed E-state index contributed by atoms with van der Waals surface area (Å²) in [6.45, 7) is 0.988. The lowest BCUT2D eigenvalue weighted by atomic mass is 10.2. The van der Waals surface area contributed by atoms with Gasteiger partial charge in [-0.3, -0.25) is 0 Å². The standard InChI is InChI=1S/C7H7F5O3/c1-2-4(13)15-3-6(8,9)5(14)7(10,11)12/h2,5,14H,1,3H2. The van der Waals surface area contributed by atoms with Crippen molar-refractivity contribution in [3.63, 3.8) is 0 Å². The van der Waals surface area contributed by atoms with E-state index in [0.717, 1.165) is 0 Å². The maximum Gasteiger partial charge on any atom is 0.420 e. The Morgan fingerprint density at radius 3 is 2.20 bits per heavy atom. The molecule has 0 saturated heterocycles. The van der Waals surface area contributed by atoms with Crippen LogP contribution in [-0.2, 0) is 9.53 Å². The highest BCUT2D eigenvalue weighted by Crippen LogP contribution is 2.32. The van der Waals surface area contributed by atoms with E-state index >= 15 is 0 Å². The highest BCUT2D eigenvalue weighted by atomic mass is 19.4. The van der Waals surface area contributed by atoms with E-state index in [-0.39, 0.29) is 0 Å². The molecule has 0 aromatic carbocycles. The molecule has 0 saturated carbocycles. The molecule has 0 aromatic heterocycles. The molecule has 0 rings (SSSR count). The van der Waals surface area contributed by atoms with Gasteiger partial charge in [-0.1, -0.05) is 6.58 Å². The van der Waals surface area contributed by atoms with Crippen LogP contribution in [0.5, 0.6) is 0 Å². The van der Waals surface area contributed by atoms with E-state index in [2.05, 4.69) is 11.3 Å². The van der Waals surface area contributed by atoms with E-state index < -0.39 is 30.8 Å². The van der Waals surface area contributed by atoms with Crippen molar-refractivity contribution in [1.82, 2.24) is 0 Å². The second-order valence-electron chi connectivity index (χ2n) is 2.52. The summed E-state index contributed by atoms with van der Waals surface area (Å²) in [6.07, 6.45) is -8.84. The predicted octanol–water partition coefficient (Wildman–Crippen LogP) is 1.27. The summed E-state index contributed by atoms with van der Waals surface area (Å²) < 4.78 is 63.7. The molecule has 8 heteroatoms. The fraction of sp³-hybridized carbons (Fsp3) is 0.571. The Hall–Kier alpha value is -1.18. The SMILES string of the molecule is C=CC(=O)OCC(F)(F)C(O)C(F)(F)F. The van der Waals surface area contributed by atoms with Gasteiger partial charge in [-0.2, -0.15) is 22.0 Å². The van der Waals surface area contributed by atoms with Gasteiger partial charge in [-0.05, 0) is 0 Å². The minimum Gasteiger partial charge on any atom is -0.456 e. The van der Waals surface area contributed by atoms with Crippen LogP contribution in [0.3, 0.4) is 0 Å². The first-order valence-electron chi connectivity index (χ1n) is 3.53. The van der Waals surface area contributed by atoms with Crippen molar-refractivity contribution in [2.75, 3.05) is 6.61 Å². The summed E-state index contributed by atoms with van der Waals surface area (Å²) in [4.78, 5) is 10.3. The van der Waals surface area contributed by atoms with E-state index in [0.29, 0.717) is 6.08 Å². The van der Waals surface area contributed by atoms with E-state index in [1.807, 2.05) is 0 Å². The van der Waals surface area contributed by atoms with Crippen molar-refractivity contribution in [2.24, 2.45) is 0 Å². The van der Waals surface area contributed by atoms with Gasteiger partial charge in [0.25, 0.3) is 0 Å². The van der Waals surface area contributed by atoms with Crippen LogP contribution in [0.1, 0.15) is 0 Å². The molecule has 0 aromatic rings. The zero-order chi connectivity index (χ0) is 12.3. The van der Waals surface area contributed by atoms with Gasteiger partial charge < -0.3 is 9.84 Å². The summed E-state index contributed by atoms with van der Waals surface area (Å²) in [5.41, 5.74) is 0. The highest BCUT2D eigenvalue weighted by molar-refractivity contribution is 5.81. The molecule has 0 spiro atoms. The van der Waals surface area contributed by atoms with Crippen LogP contribution >= 0.6 is 0 Å². The summed E-state index contributed by atoms with van der Waals surface area (Å²) in [5.74, 6) is -5.89. The van der Waals surface area contributed by atoms with E-state index in [9.17, 15) is 26.7 Å². The number of alkyl halides is 5. The lowest BCUT2D eigenvalue weighted by molar-refractivity contribution is -0.277. The quantitative estimate of drug-likeness (QED) is 0.452. The van der Waals surface area contributed by atoms with Crippen LogP contribution in [-0.4, -0.2) is 35.9 Å². The first kappa shape index (κ1) is 13.8. The number of rotatable bonds is 4. The lowest BCUT2D eigenvalue weighted by Gasteiger charge is -2.23. The number of carbonyl (C=O) groups excluding carboxylic acids is 1. The summed E-state index contributed by atoms with van der Waals surface area (Å²) in [7, 11) is 0. The second-order valence-corrected chi connectivity index (χ2v) is 2.52. The third-order valence-corrected chi connectivity index (χ3v) is 1.28. The maximum absolute atomic E-state index is 12.5. The molecular formula is C7H7F5O3. The molecule has 1 unspecified atom stereocenters. The Balaban J connectivity index is 4.41. The molecular weight excluding hydrogens is 227 g/mol. The zero-order valence-corrected chi connectivity index (χ0v) is 7.22. The normalized spacial score (nSPS) is 14.5. The molecule has 88 valence electrons. The van der Waals surface area contributed by atoms with Crippen LogP contribution in [0.4, 0.5) is 22.0 Å². The Morgan fingerprint density at radius 2 is 1.87 bits per heavy atom. The number of esters is 1. The lowest BCUT2D eigenvalue weighted by Crippen LogP contribution is -2.47. The summed E-state index contributed by atoms with van der Waals surface area (Å²) in [5, 5.41) is 8.21. The Morgan fingerprint density at radius 1 is 1.40 bits per heavy atom. The molecule has 15 heavy (non-hydrogen) atoms. The number of halogens is 5. The Bertz CT molecular complexity index is 248. The summed E-state index contributed by atoms with van der Waals surface area (Å²) >= 11 is 0. The van der Waals surface area contributed by atoms with Crippen LogP contribution in [0.15, 0.2) is 12.7 Å². The van der Waals surface area contributed by atoms with E-state index in [1.165, 1.54) is 0 Å². The first-order valence-corrected chi connectivity index (χ1v) is 3.53. The van der Waals surface area contributed by atoms with Gasteiger partial charge in [0.2, 0.25) is 6.10 Å². The second kappa shape index (κ2) is 4.56. The van der Waals surface area contributed by atoms with Gasteiger partial charge in [0, 0.05) is 6.08 Å². The van der Waals surface area contributed by atoms with Crippen molar-refractivity contribution in [2.45, 2.75) is 18.2 Å². The average Bonchev–Trinajstić information content (AvgIpc) is 2.11. The molecule has 0 aliphatic carbocycles. The van der Waals surface area contributed by atoms with Crippen molar-refractivity contribution >= 4 is 5.97 Å². The number of ether oxygens (including phenoxy) is 1. The number of hydrogen-bond donors (Lipinski definition) is 1. The third kappa shape index (κ3) is 4.24. The largest absolute Gasteiger partial charge is 0.456 e. The van der Waals surface area contributed by atoms with E-state index in [4.69, 9.17) is 5.11 Å². The molecule has 0 aliphatic rings. The maximum atomic E-state index is 12.5. The number of hydrogen-bond acceptors (Lipinski definition) is 3. The van der Waals surface area contributed by atoms with Crippen LogP contribution in [0, 0.1) is 0 Å². The number of aliphatic hydroxyl groups excluding tert-OH is 1. The van der Waals surface area contributed by atoms with Crippen LogP contribution < -0.4 is 0 Å². The first-order chi connectivity index (χ1) is 6.61. The van der Waals surface area contributed by atoms with Gasteiger partial charge in [0.1, 0.15) is 0 Å². The highest BCUT2D eigenvalue weighted by Gasteiger charge is 2.55. The molecule has 3 nitrogen and oxygen atoms in total. The molecule has 0 fully saturated rings. The average molecular weight is 234 g/mol. The minimum absolute atomic E-state index is 0.510. The molecule has 0 bridgehead atoms. The van der Waals surface area contributed by atoms with Gasteiger partial charge >= 0.3 is 18.1 Å². The molecule has 0 amide bonds. The molecule has 0 heterocycles. The topological polar surface area (TPSA) is 46.5 Å². The zero-order valence-electron chi connectivity index (χ0n) is 7.22. The van der Waals surface area contributed by atoms with Gasteiger partial charge in [-0.15, -0.1) is 0 Å². The molecule has 0 aliphatic heterocycles. The molecule has 0 radical (unpaired) electrons. The monoisotopic (exact) mass is 234 g/mol. The number of carbonyl (C=O) groups is 1. The molecule has 1 atom stereocenters. The molecule has 1 N–H and O–H groups in total. The van der Waals surface area contributed by atoms with Crippen molar-refractivity contribution < 1.29 is 36.6 Å². The van der Waals surface area contributed by atoms with Crippen molar-refractivity contribution in [3.8, 4) is 0 Å².